The number of nitrogens with one attached hydrogen (secondary N) is 1. The zero-order valence-electron chi connectivity index (χ0n) is 14.4. The second kappa shape index (κ2) is 9.22. The summed E-state index contributed by atoms with van der Waals surface area (Å²) in [6.45, 7) is 2.09. The Hall–Kier alpha value is -3.35. The zero-order chi connectivity index (χ0) is 18.9. The third-order valence-corrected chi connectivity index (χ3v) is 3.35. The van der Waals surface area contributed by atoms with Gasteiger partial charge in [-0.05, 0) is 55.0 Å². The largest absolute Gasteiger partial charge is 0.484 e. The first kappa shape index (κ1) is 19.0. The van der Waals surface area contributed by atoms with E-state index in [0.29, 0.717) is 29.2 Å². The normalized spacial score (nSPS) is 10.0. The number of rotatable bonds is 8. The van der Waals surface area contributed by atoms with Crippen LogP contribution in [0.1, 0.15) is 34.1 Å². The van der Waals surface area contributed by atoms with Crippen LogP contribution in [0.15, 0.2) is 48.5 Å². The van der Waals surface area contributed by atoms with Crippen LogP contribution in [-0.4, -0.2) is 31.0 Å². The van der Waals surface area contributed by atoms with Crippen LogP contribution in [-0.2, 0) is 9.53 Å². The number of esters is 1. The highest BCUT2D eigenvalue weighted by atomic mass is 16.5. The summed E-state index contributed by atoms with van der Waals surface area (Å²) in [7, 11) is 0. The van der Waals surface area contributed by atoms with Crippen molar-refractivity contribution in [3.05, 3.63) is 59.7 Å². The van der Waals surface area contributed by atoms with Gasteiger partial charge in [-0.15, -0.1) is 0 Å². The van der Waals surface area contributed by atoms with Crippen LogP contribution in [0.25, 0.3) is 0 Å². The molecule has 0 aliphatic carbocycles. The highest BCUT2D eigenvalue weighted by Crippen LogP contribution is 2.13. The molecule has 0 atom stereocenters. The van der Waals surface area contributed by atoms with Crippen molar-refractivity contribution in [3.63, 3.8) is 0 Å². The van der Waals surface area contributed by atoms with Crippen LogP contribution in [0.2, 0.25) is 0 Å². The molecule has 0 aromatic heterocycles. The number of anilines is 1. The molecule has 0 spiro atoms. The lowest BCUT2D eigenvalue weighted by Crippen LogP contribution is -2.20. The van der Waals surface area contributed by atoms with Gasteiger partial charge in [-0.3, -0.25) is 9.59 Å². The Kier molecular flexibility index (Phi) is 6.73. The van der Waals surface area contributed by atoms with Crippen molar-refractivity contribution in [3.8, 4) is 5.75 Å². The quantitative estimate of drug-likeness (QED) is 0.706. The van der Waals surface area contributed by atoms with Gasteiger partial charge in [0.25, 0.3) is 5.91 Å². The summed E-state index contributed by atoms with van der Waals surface area (Å²) in [5.41, 5.74) is 6.47. The summed E-state index contributed by atoms with van der Waals surface area (Å²) in [5.74, 6) is -0.840. The molecule has 0 bridgehead atoms. The van der Waals surface area contributed by atoms with E-state index >= 15 is 0 Å². The van der Waals surface area contributed by atoms with Crippen LogP contribution in [0.3, 0.4) is 0 Å². The Labute approximate surface area is 151 Å². The number of amides is 2. The lowest BCUT2D eigenvalue weighted by Gasteiger charge is -2.08. The van der Waals surface area contributed by atoms with E-state index in [9.17, 15) is 14.4 Å². The molecule has 0 saturated carbocycles. The van der Waals surface area contributed by atoms with E-state index in [1.165, 1.54) is 12.1 Å². The molecule has 7 heteroatoms. The first-order valence-electron chi connectivity index (χ1n) is 8.09. The summed E-state index contributed by atoms with van der Waals surface area (Å²) in [4.78, 5) is 34.6. The van der Waals surface area contributed by atoms with Crippen molar-refractivity contribution in [1.82, 2.24) is 0 Å². The first-order valence-corrected chi connectivity index (χ1v) is 8.09. The number of hydrogen-bond acceptors (Lipinski definition) is 5. The lowest BCUT2D eigenvalue weighted by atomic mass is 10.2. The zero-order valence-corrected chi connectivity index (χ0v) is 14.4. The number of benzene rings is 2. The molecule has 136 valence electrons. The Morgan fingerprint density at radius 1 is 0.962 bits per heavy atom. The summed E-state index contributed by atoms with van der Waals surface area (Å²) in [5, 5.41) is 2.66. The van der Waals surface area contributed by atoms with Gasteiger partial charge in [-0.25, -0.2) is 4.79 Å². The third-order valence-electron chi connectivity index (χ3n) is 3.35. The van der Waals surface area contributed by atoms with Gasteiger partial charge < -0.3 is 20.5 Å². The van der Waals surface area contributed by atoms with Gasteiger partial charge in [0.05, 0.1) is 12.2 Å². The molecule has 0 unspecified atom stereocenters. The minimum Gasteiger partial charge on any atom is -0.484 e. The Morgan fingerprint density at radius 2 is 1.58 bits per heavy atom. The molecular formula is C19H20N2O5. The maximum atomic E-state index is 11.9. The van der Waals surface area contributed by atoms with Gasteiger partial charge in [0.15, 0.2) is 6.61 Å². The van der Waals surface area contributed by atoms with Crippen LogP contribution in [0.4, 0.5) is 5.69 Å². The van der Waals surface area contributed by atoms with Crippen molar-refractivity contribution in [2.24, 2.45) is 5.73 Å². The number of nitrogens with two attached hydrogens (primary N) is 1. The Morgan fingerprint density at radius 3 is 2.15 bits per heavy atom. The van der Waals surface area contributed by atoms with Crippen molar-refractivity contribution in [2.45, 2.75) is 13.3 Å². The SMILES string of the molecule is CCCOC(=O)c1ccc(NC(=O)COc2ccc(C(N)=O)cc2)cc1. The number of carbonyl (C=O) groups excluding carboxylic acids is 3. The molecule has 0 aliphatic rings. The Bertz CT molecular complexity index is 770. The molecule has 0 radical (unpaired) electrons. The predicted octanol–water partition coefficient (Wildman–Crippen LogP) is 2.37. The fraction of sp³-hybridized carbons (Fsp3) is 0.211. The first-order chi connectivity index (χ1) is 12.5. The average Bonchev–Trinajstić information content (AvgIpc) is 2.65. The van der Waals surface area contributed by atoms with Gasteiger partial charge in [-0.2, -0.15) is 0 Å². The van der Waals surface area contributed by atoms with E-state index in [1.807, 2.05) is 6.92 Å². The monoisotopic (exact) mass is 356 g/mol. The van der Waals surface area contributed by atoms with Crippen molar-refractivity contribution < 1.29 is 23.9 Å². The van der Waals surface area contributed by atoms with Gasteiger partial charge >= 0.3 is 5.97 Å². The average molecular weight is 356 g/mol. The number of carbonyl (C=O) groups is 3. The van der Waals surface area contributed by atoms with Gasteiger partial charge in [0.2, 0.25) is 5.91 Å². The number of hydrogen-bond donors (Lipinski definition) is 2. The highest BCUT2D eigenvalue weighted by Gasteiger charge is 2.08. The maximum absolute atomic E-state index is 11.9. The summed E-state index contributed by atoms with van der Waals surface area (Å²) >= 11 is 0. The summed E-state index contributed by atoms with van der Waals surface area (Å²) in [6, 6.07) is 12.5. The fourth-order valence-electron chi connectivity index (χ4n) is 2.03. The molecule has 2 rings (SSSR count). The number of ether oxygens (including phenoxy) is 2. The molecule has 0 heterocycles. The smallest absolute Gasteiger partial charge is 0.338 e. The second-order valence-electron chi connectivity index (χ2n) is 5.44. The topological polar surface area (TPSA) is 108 Å². The molecule has 0 saturated heterocycles. The minimum atomic E-state index is -0.531. The van der Waals surface area contributed by atoms with Crippen LogP contribution < -0.4 is 15.8 Å². The van der Waals surface area contributed by atoms with Gasteiger partial charge in [-0.1, -0.05) is 6.92 Å². The molecule has 26 heavy (non-hydrogen) atoms. The molecule has 2 aromatic rings. The van der Waals surface area contributed by atoms with Crippen molar-refractivity contribution >= 4 is 23.5 Å². The highest BCUT2D eigenvalue weighted by molar-refractivity contribution is 5.94. The van der Waals surface area contributed by atoms with E-state index in [4.69, 9.17) is 15.2 Å². The molecule has 3 N–H and O–H groups in total. The van der Waals surface area contributed by atoms with E-state index in [-0.39, 0.29) is 12.5 Å². The van der Waals surface area contributed by atoms with Crippen LogP contribution >= 0.6 is 0 Å². The Balaban J connectivity index is 1.83. The van der Waals surface area contributed by atoms with E-state index in [1.54, 1.807) is 36.4 Å². The lowest BCUT2D eigenvalue weighted by molar-refractivity contribution is -0.118. The van der Waals surface area contributed by atoms with Crippen LogP contribution in [0.5, 0.6) is 5.75 Å². The standard InChI is InChI=1S/C19H20N2O5/c1-2-11-25-19(24)14-3-7-15(8-4-14)21-17(22)12-26-16-9-5-13(6-10-16)18(20)23/h3-10H,2,11-12H2,1H3,(H2,20,23)(H,21,22). The molecule has 0 aliphatic heterocycles. The molecule has 2 amide bonds. The molecule has 7 nitrogen and oxygen atoms in total. The van der Waals surface area contributed by atoms with E-state index in [0.717, 1.165) is 6.42 Å². The van der Waals surface area contributed by atoms with E-state index < -0.39 is 11.9 Å². The third kappa shape index (κ3) is 5.62. The predicted molar refractivity (Wildman–Crippen MR) is 96.1 cm³/mol. The maximum Gasteiger partial charge on any atom is 0.338 e. The van der Waals surface area contributed by atoms with Gasteiger partial charge in [0, 0.05) is 11.3 Å². The van der Waals surface area contributed by atoms with Gasteiger partial charge in [0.1, 0.15) is 5.75 Å². The van der Waals surface area contributed by atoms with Crippen molar-refractivity contribution in [1.29, 1.82) is 0 Å². The molecule has 0 fully saturated rings. The molecular weight excluding hydrogens is 336 g/mol. The second-order valence-corrected chi connectivity index (χ2v) is 5.44. The van der Waals surface area contributed by atoms with Crippen molar-refractivity contribution in [2.75, 3.05) is 18.5 Å². The fourth-order valence-corrected chi connectivity index (χ4v) is 2.03. The summed E-state index contributed by atoms with van der Waals surface area (Å²) < 4.78 is 10.4. The summed E-state index contributed by atoms with van der Waals surface area (Å²) in [6.07, 6.45) is 0.755. The minimum absolute atomic E-state index is 0.198. The van der Waals surface area contributed by atoms with E-state index in [2.05, 4.69) is 5.32 Å². The molecule has 2 aromatic carbocycles. The van der Waals surface area contributed by atoms with Crippen LogP contribution in [0, 0.1) is 0 Å². The number of primary amides is 1.